The summed E-state index contributed by atoms with van der Waals surface area (Å²) in [6, 6.07) is 0. The molecular formula is C14H22O2. The molecule has 2 saturated carbocycles. The molecule has 2 rings (SSSR count). The first-order chi connectivity index (χ1) is 7.56. The number of carbonyl (C=O) groups is 1. The van der Waals surface area contributed by atoms with E-state index in [1.807, 2.05) is 20.8 Å². The zero-order chi connectivity index (χ0) is 11.8. The molecule has 2 nitrogen and oxygen atoms in total. The van der Waals surface area contributed by atoms with Crippen molar-refractivity contribution in [3.05, 3.63) is 11.1 Å². The lowest BCUT2D eigenvalue weighted by Gasteiger charge is -2.27. The molecule has 90 valence electrons. The summed E-state index contributed by atoms with van der Waals surface area (Å²) in [6.45, 7) is 6.00. The minimum Gasteiger partial charge on any atom is -0.456 e. The van der Waals surface area contributed by atoms with Gasteiger partial charge in [0.05, 0.1) is 0 Å². The molecular weight excluding hydrogens is 200 g/mol. The summed E-state index contributed by atoms with van der Waals surface area (Å²) in [5.41, 5.74) is 1.87. The van der Waals surface area contributed by atoms with Crippen LogP contribution in [0, 0.1) is 5.92 Å². The zero-order valence-electron chi connectivity index (χ0n) is 10.6. The van der Waals surface area contributed by atoms with E-state index < -0.39 is 0 Å². The molecule has 0 aromatic heterocycles. The number of rotatable bonds is 3. The highest BCUT2D eigenvalue weighted by molar-refractivity contribution is 5.89. The van der Waals surface area contributed by atoms with Crippen LogP contribution in [-0.2, 0) is 9.53 Å². The van der Waals surface area contributed by atoms with E-state index in [0.717, 1.165) is 42.7 Å². The number of allylic oxidation sites excluding steroid dienone is 1. The Morgan fingerprint density at radius 3 is 2.31 bits per heavy atom. The van der Waals surface area contributed by atoms with Crippen LogP contribution in [0.2, 0.25) is 0 Å². The van der Waals surface area contributed by atoms with Gasteiger partial charge in [-0.1, -0.05) is 12.5 Å². The van der Waals surface area contributed by atoms with E-state index in [-0.39, 0.29) is 11.6 Å². The Hall–Kier alpha value is -0.790. The summed E-state index contributed by atoms with van der Waals surface area (Å²) in [6.07, 6.45) is 6.57. The van der Waals surface area contributed by atoms with Crippen LogP contribution in [0.4, 0.5) is 0 Å². The van der Waals surface area contributed by atoms with Crippen molar-refractivity contribution in [2.24, 2.45) is 5.92 Å². The average Bonchev–Trinajstić information content (AvgIpc) is 2.77. The van der Waals surface area contributed by atoms with Crippen LogP contribution >= 0.6 is 0 Å². The van der Waals surface area contributed by atoms with Gasteiger partial charge in [0, 0.05) is 5.57 Å². The molecule has 0 spiro atoms. The molecule has 0 aliphatic heterocycles. The van der Waals surface area contributed by atoms with E-state index >= 15 is 0 Å². The maximum absolute atomic E-state index is 12.1. The first-order valence-electron chi connectivity index (χ1n) is 6.46. The van der Waals surface area contributed by atoms with Crippen LogP contribution in [0.5, 0.6) is 0 Å². The van der Waals surface area contributed by atoms with Gasteiger partial charge in [-0.25, -0.2) is 4.79 Å². The van der Waals surface area contributed by atoms with Crippen LogP contribution in [0.15, 0.2) is 11.1 Å². The number of esters is 1. The van der Waals surface area contributed by atoms with Crippen molar-refractivity contribution >= 4 is 5.97 Å². The Bertz CT molecular complexity index is 316. The maximum atomic E-state index is 12.1. The normalized spacial score (nSPS) is 31.6. The third kappa shape index (κ3) is 2.02. The predicted molar refractivity (Wildman–Crippen MR) is 64.1 cm³/mol. The van der Waals surface area contributed by atoms with Gasteiger partial charge in [0.2, 0.25) is 0 Å². The number of hydrogen-bond acceptors (Lipinski definition) is 2. The standard InChI is InChI=1S/C14H22O2/c1-4-12(10(2)3)13(15)16-14-7-5-11(9-14)6-8-14/h11H,4-9H2,1-3H3. The maximum Gasteiger partial charge on any atom is 0.334 e. The average molecular weight is 222 g/mol. The van der Waals surface area contributed by atoms with E-state index in [2.05, 4.69) is 0 Å². The second-order valence-corrected chi connectivity index (χ2v) is 5.55. The first-order valence-corrected chi connectivity index (χ1v) is 6.46. The lowest BCUT2D eigenvalue weighted by Crippen LogP contribution is -2.30. The Kier molecular flexibility index (Phi) is 3.09. The molecule has 0 aromatic rings. The molecule has 0 radical (unpaired) electrons. The first kappa shape index (κ1) is 11.7. The lowest BCUT2D eigenvalue weighted by molar-refractivity contribution is -0.154. The zero-order valence-corrected chi connectivity index (χ0v) is 10.6. The number of hydrogen-bond donors (Lipinski definition) is 0. The highest BCUT2D eigenvalue weighted by atomic mass is 16.6. The van der Waals surface area contributed by atoms with Gasteiger partial charge in [0.25, 0.3) is 0 Å². The van der Waals surface area contributed by atoms with Gasteiger partial charge in [0.15, 0.2) is 0 Å². The second kappa shape index (κ2) is 4.23. The number of carbonyl (C=O) groups excluding carboxylic acids is 1. The van der Waals surface area contributed by atoms with Crippen LogP contribution in [0.25, 0.3) is 0 Å². The summed E-state index contributed by atoms with van der Waals surface area (Å²) in [5, 5.41) is 0. The molecule has 2 aliphatic carbocycles. The third-order valence-electron chi connectivity index (χ3n) is 4.19. The van der Waals surface area contributed by atoms with Crippen molar-refractivity contribution in [3.8, 4) is 0 Å². The van der Waals surface area contributed by atoms with E-state index in [9.17, 15) is 4.79 Å². The molecule has 16 heavy (non-hydrogen) atoms. The molecule has 0 unspecified atom stereocenters. The fraction of sp³-hybridized carbons (Fsp3) is 0.786. The Morgan fingerprint density at radius 1 is 1.31 bits per heavy atom. The van der Waals surface area contributed by atoms with Gasteiger partial charge < -0.3 is 4.74 Å². The molecule has 2 fully saturated rings. The Labute approximate surface area is 98.1 Å². The van der Waals surface area contributed by atoms with E-state index in [0.29, 0.717) is 0 Å². The van der Waals surface area contributed by atoms with Crippen LogP contribution in [0.3, 0.4) is 0 Å². The third-order valence-corrected chi connectivity index (χ3v) is 4.19. The van der Waals surface area contributed by atoms with Crippen molar-refractivity contribution in [1.82, 2.24) is 0 Å². The molecule has 0 aromatic carbocycles. The minimum atomic E-state index is -0.0857. The van der Waals surface area contributed by atoms with Crippen LogP contribution in [0.1, 0.15) is 59.3 Å². The Morgan fingerprint density at radius 2 is 1.94 bits per heavy atom. The molecule has 0 saturated heterocycles. The summed E-state index contributed by atoms with van der Waals surface area (Å²) >= 11 is 0. The number of fused-ring (bicyclic) bond motifs is 2. The summed E-state index contributed by atoms with van der Waals surface area (Å²) < 4.78 is 5.81. The van der Waals surface area contributed by atoms with Gasteiger partial charge in [0.1, 0.15) is 5.60 Å². The smallest absolute Gasteiger partial charge is 0.334 e. The van der Waals surface area contributed by atoms with E-state index in [4.69, 9.17) is 4.74 Å². The van der Waals surface area contributed by atoms with Crippen LogP contribution in [-0.4, -0.2) is 11.6 Å². The van der Waals surface area contributed by atoms with Crippen molar-refractivity contribution in [2.45, 2.75) is 64.9 Å². The SMILES string of the molecule is CCC(C(=O)OC12CCC(CC1)C2)=C(C)C. The second-order valence-electron chi connectivity index (χ2n) is 5.55. The molecule has 0 amide bonds. The van der Waals surface area contributed by atoms with Gasteiger partial charge >= 0.3 is 5.97 Å². The van der Waals surface area contributed by atoms with Crippen molar-refractivity contribution in [3.63, 3.8) is 0 Å². The fourth-order valence-corrected chi connectivity index (χ4v) is 3.24. The van der Waals surface area contributed by atoms with Gasteiger partial charge in [-0.05, 0) is 58.3 Å². The molecule has 2 aliphatic rings. The quantitative estimate of drug-likeness (QED) is 0.538. The van der Waals surface area contributed by atoms with Crippen molar-refractivity contribution in [2.75, 3.05) is 0 Å². The molecule has 0 atom stereocenters. The van der Waals surface area contributed by atoms with E-state index in [1.54, 1.807) is 0 Å². The fourth-order valence-electron chi connectivity index (χ4n) is 3.24. The van der Waals surface area contributed by atoms with Crippen molar-refractivity contribution in [1.29, 1.82) is 0 Å². The largest absolute Gasteiger partial charge is 0.456 e. The molecule has 0 N–H and O–H groups in total. The lowest BCUT2D eigenvalue weighted by atomic mass is 9.97. The summed E-state index contributed by atoms with van der Waals surface area (Å²) in [4.78, 5) is 12.1. The summed E-state index contributed by atoms with van der Waals surface area (Å²) in [5.74, 6) is 0.759. The molecule has 2 bridgehead atoms. The van der Waals surface area contributed by atoms with Crippen LogP contribution < -0.4 is 0 Å². The monoisotopic (exact) mass is 222 g/mol. The number of ether oxygens (including phenoxy) is 1. The van der Waals surface area contributed by atoms with Gasteiger partial charge in [-0.2, -0.15) is 0 Å². The molecule has 0 heterocycles. The van der Waals surface area contributed by atoms with Gasteiger partial charge in [-0.15, -0.1) is 0 Å². The Balaban J connectivity index is 2.05. The highest BCUT2D eigenvalue weighted by Gasteiger charge is 2.47. The minimum absolute atomic E-state index is 0.0648. The van der Waals surface area contributed by atoms with Crippen molar-refractivity contribution < 1.29 is 9.53 Å². The van der Waals surface area contributed by atoms with Gasteiger partial charge in [-0.3, -0.25) is 0 Å². The van der Waals surface area contributed by atoms with E-state index in [1.165, 1.54) is 12.8 Å². The molecule has 2 heteroatoms. The summed E-state index contributed by atoms with van der Waals surface area (Å²) in [7, 11) is 0. The predicted octanol–water partition coefficient (Wildman–Crippen LogP) is 3.61. The highest BCUT2D eigenvalue weighted by Crippen LogP contribution is 2.50. The topological polar surface area (TPSA) is 26.3 Å².